The van der Waals surface area contributed by atoms with Gasteiger partial charge in [0.25, 0.3) is 0 Å². The van der Waals surface area contributed by atoms with Crippen LogP contribution in [0.1, 0.15) is 31.9 Å². The van der Waals surface area contributed by atoms with E-state index in [1.807, 2.05) is 45.0 Å². The van der Waals surface area contributed by atoms with Crippen molar-refractivity contribution in [1.82, 2.24) is 14.9 Å². The summed E-state index contributed by atoms with van der Waals surface area (Å²) >= 11 is 0. The second-order valence-corrected chi connectivity index (χ2v) is 7.69. The van der Waals surface area contributed by atoms with E-state index in [1.165, 1.54) is 12.1 Å². The molecule has 1 N–H and O–H groups in total. The minimum atomic E-state index is -4.77. The Hall–Kier alpha value is -3.62. The van der Waals surface area contributed by atoms with Crippen molar-refractivity contribution in [2.45, 2.75) is 46.1 Å². The summed E-state index contributed by atoms with van der Waals surface area (Å²) in [7, 11) is 0. The lowest BCUT2D eigenvalue weighted by molar-refractivity contribution is -0.274. The highest BCUT2D eigenvalue weighted by Gasteiger charge is 2.31. The number of urea groups is 1. The number of hydrogen-bond acceptors (Lipinski definition) is 4. The molecule has 174 valence electrons. The van der Waals surface area contributed by atoms with E-state index < -0.39 is 6.36 Å². The summed E-state index contributed by atoms with van der Waals surface area (Å²) in [4.78, 5) is 23.3. The van der Waals surface area contributed by atoms with Gasteiger partial charge in [-0.15, -0.1) is 13.2 Å². The quantitative estimate of drug-likeness (QED) is 0.468. The molecule has 0 radical (unpaired) electrons. The highest BCUT2D eigenvalue weighted by Crippen LogP contribution is 2.24. The number of halogens is 3. The van der Waals surface area contributed by atoms with E-state index in [9.17, 15) is 18.0 Å². The first-order valence-corrected chi connectivity index (χ1v) is 10.5. The van der Waals surface area contributed by atoms with Crippen LogP contribution in [-0.2, 0) is 13.0 Å². The summed E-state index contributed by atoms with van der Waals surface area (Å²) in [5.41, 5.74) is 3.15. The molecule has 0 spiro atoms. The van der Waals surface area contributed by atoms with E-state index in [-0.39, 0.29) is 17.8 Å². The van der Waals surface area contributed by atoms with Gasteiger partial charge in [0.05, 0.1) is 0 Å². The van der Waals surface area contributed by atoms with E-state index in [4.69, 9.17) is 0 Å². The molecule has 6 nitrogen and oxygen atoms in total. The SMILES string of the molecule is CCc1cnc(-c2cccc(CN(C(=O)Nc3ccc(OC(F)(F)F)cc3)C(C)C)c2)nc1. The lowest BCUT2D eigenvalue weighted by Gasteiger charge is -2.27. The highest BCUT2D eigenvalue weighted by atomic mass is 19.4. The van der Waals surface area contributed by atoms with Gasteiger partial charge >= 0.3 is 12.4 Å². The Morgan fingerprint density at radius 2 is 1.73 bits per heavy atom. The third-order valence-corrected chi connectivity index (χ3v) is 4.88. The zero-order chi connectivity index (χ0) is 24.0. The number of alkyl halides is 3. The first-order chi connectivity index (χ1) is 15.6. The minimum absolute atomic E-state index is 0.124. The lowest BCUT2D eigenvalue weighted by atomic mass is 10.1. The highest BCUT2D eigenvalue weighted by molar-refractivity contribution is 5.89. The third-order valence-electron chi connectivity index (χ3n) is 4.88. The number of hydrogen-bond donors (Lipinski definition) is 1. The number of benzene rings is 2. The van der Waals surface area contributed by atoms with Crippen LogP contribution in [0.2, 0.25) is 0 Å². The van der Waals surface area contributed by atoms with Crippen LogP contribution in [0.15, 0.2) is 60.9 Å². The molecule has 0 aliphatic heterocycles. The molecule has 3 rings (SSSR count). The van der Waals surface area contributed by atoms with Gasteiger partial charge in [-0.3, -0.25) is 0 Å². The van der Waals surface area contributed by atoms with Crippen molar-refractivity contribution in [3.05, 3.63) is 72.1 Å². The normalized spacial score (nSPS) is 11.4. The molecule has 1 heterocycles. The summed E-state index contributed by atoms with van der Waals surface area (Å²) in [5.74, 6) is 0.253. The zero-order valence-electron chi connectivity index (χ0n) is 18.6. The Kier molecular flexibility index (Phi) is 7.52. The van der Waals surface area contributed by atoms with E-state index >= 15 is 0 Å². The maximum absolute atomic E-state index is 12.9. The number of ether oxygens (including phenoxy) is 1. The van der Waals surface area contributed by atoms with Gasteiger partial charge < -0.3 is 15.0 Å². The average molecular weight is 458 g/mol. The Bertz CT molecular complexity index is 1070. The predicted octanol–water partition coefficient (Wildman–Crippen LogP) is 6.05. The van der Waals surface area contributed by atoms with Crippen molar-refractivity contribution in [3.63, 3.8) is 0 Å². The summed E-state index contributed by atoms with van der Waals surface area (Å²) in [5, 5.41) is 2.72. The average Bonchev–Trinajstić information content (AvgIpc) is 2.78. The molecule has 0 bridgehead atoms. The molecule has 0 unspecified atom stereocenters. The van der Waals surface area contributed by atoms with Gasteiger partial charge in [-0.25, -0.2) is 14.8 Å². The fraction of sp³-hybridized carbons (Fsp3) is 0.292. The van der Waals surface area contributed by atoms with Crippen LogP contribution in [0.5, 0.6) is 5.75 Å². The van der Waals surface area contributed by atoms with Gasteiger partial charge in [0, 0.05) is 36.2 Å². The first-order valence-electron chi connectivity index (χ1n) is 10.5. The van der Waals surface area contributed by atoms with E-state index in [2.05, 4.69) is 20.0 Å². The van der Waals surface area contributed by atoms with Crippen LogP contribution in [0, 0.1) is 0 Å². The van der Waals surface area contributed by atoms with Crippen LogP contribution in [0.3, 0.4) is 0 Å². The van der Waals surface area contributed by atoms with Crippen molar-refractivity contribution in [3.8, 4) is 17.1 Å². The van der Waals surface area contributed by atoms with E-state index in [0.29, 0.717) is 18.1 Å². The molecule has 0 aliphatic rings. The molecule has 2 aromatic carbocycles. The van der Waals surface area contributed by atoms with E-state index in [0.717, 1.165) is 35.2 Å². The molecular weight excluding hydrogens is 433 g/mol. The molecule has 0 aliphatic carbocycles. The number of carbonyl (C=O) groups excluding carboxylic acids is 1. The molecule has 33 heavy (non-hydrogen) atoms. The third kappa shape index (κ3) is 6.93. The molecule has 9 heteroatoms. The Morgan fingerprint density at radius 3 is 2.30 bits per heavy atom. The van der Waals surface area contributed by atoms with Crippen molar-refractivity contribution in [2.75, 3.05) is 5.32 Å². The number of carbonyl (C=O) groups is 1. The molecule has 0 fully saturated rings. The first kappa shape index (κ1) is 24.0. The molecule has 0 atom stereocenters. The molecule has 3 aromatic rings. The van der Waals surface area contributed by atoms with Crippen LogP contribution in [0.4, 0.5) is 23.7 Å². The number of nitrogens with one attached hydrogen (secondary N) is 1. The maximum atomic E-state index is 12.9. The van der Waals surface area contributed by atoms with Crippen molar-refractivity contribution >= 4 is 11.7 Å². The van der Waals surface area contributed by atoms with Crippen molar-refractivity contribution < 1.29 is 22.7 Å². The minimum Gasteiger partial charge on any atom is -0.406 e. The predicted molar refractivity (Wildman–Crippen MR) is 120 cm³/mol. The second kappa shape index (κ2) is 10.3. The summed E-state index contributed by atoms with van der Waals surface area (Å²) < 4.78 is 40.8. The Balaban J connectivity index is 1.70. The summed E-state index contributed by atoms with van der Waals surface area (Å²) in [6, 6.07) is 12.2. The van der Waals surface area contributed by atoms with Gasteiger partial charge in [-0.1, -0.05) is 25.1 Å². The van der Waals surface area contributed by atoms with Crippen LogP contribution < -0.4 is 10.1 Å². The van der Waals surface area contributed by atoms with Crippen LogP contribution >= 0.6 is 0 Å². The number of nitrogens with zero attached hydrogens (tertiary/aromatic N) is 3. The van der Waals surface area contributed by atoms with Crippen molar-refractivity contribution in [2.24, 2.45) is 0 Å². The number of anilines is 1. The second-order valence-electron chi connectivity index (χ2n) is 7.69. The smallest absolute Gasteiger partial charge is 0.406 e. The topological polar surface area (TPSA) is 67.4 Å². The number of aryl methyl sites for hydroxylation is 1. The fourth-order valence-electron chi connectivity index (χ4n) is 3.12. The fourth-order valence-corrected chi connectivity index (χ4v) is 3.12. The van der Waals surface area contributed by atoms with Gasteiger partial charge in [-0.05, 0) is 61.7 Å². The molecule has 1 aromatic heterocycles. The van der Waals surface area contributed by atoms with Gasteiger partial charge in [-0.2, -0.15) is 0 Å². The standard InChI is InChI=1S/C24H25F3N4O2/c1-4-17-13-28-22(29-14-17)19-7-5-6-18(12-19)15-31(16(2)3)23(32)30-20-8-10-21(11-9-20)33-24(25,26)27/h5-14,16H,4,15H2,1-3H3,(H,30,32). The summed E-state index contributed by atoms with van der Waals surface area (Å²) in [6.07, 6.45) is -0.310. The van der Waals surface area contributed by atoms with Gasteiger partial charge in [0.1, 0.15) is 5.75 Å². The molecule has 0 saturated heterocycles. The number of aromatic nitrogens is 2. The van der Waals surface area contributed by atoms with Crippen molar-refractivity contribution in [1.29, 1.82) is 0 Å². The number of rotatable bonds is 7. The molecular formula is C24H25F3N4O2. The Labute approximate surface area is 190 Å². The Morgan fingerprint density at radius 1 is 1.06 bits per heavy atom. The van der Waals surface area contributed by atoms with E-state index in [1.54, 1.807) is 17.3 Å². The monoisotopic (exact) mass is 458 g/mol. The summed E-state index contributed by atoms with van der Waals surface area (Å²) in [6.45, 7) is 6.14. The molecule has 2 amide bonds. The molecule has 0 saturated carbocycles. The zero-order valence-corrected chi connectivity index (χ0v) is 18.6. The number of amides is 2. The van der Waals surface area contributed by atoms with Gasteiger partial charge in [0.2, 0.25) is 0 Å². The lowest BCUT2D eigenvalue weighted by Crippen LogP contribution is -2.39. The van der Waals surface area contributed by atoms with Crippen LogP contribution in [0.25, 0.3) is 11.4 Å². The van der Waals surface area contributed by atoms with Crippen LogP contribution in [-0.4, -0.2) is 33.3 Å². The maximum Gasteiger partial charge on any atom is 0.573 e. The largest absolute Gasteiger partial charge is 0.573 e. The van der Waals surface area contributed by atoms with Gasteiger partial charge in [0.15, 0.2) is 5.82 Å².